The Bertz CT molecular complexity index is 403. The van der Waals surface area contributed by atoms with E-state index in [0.29, 0.717) is 6.54 Å². The van der Waals surface area contributed by atoms with Gasteiger partial charge in [-0.15, -0.1) is 0 Å². The van der Waals surface area contributed by atoms with Crippen molar-refractivity contribution in [2.24, 2.45) is 5.73 Å². The second-order valence-electron chi connectivity index (χ2n) is 4.20. The molecule has 1 aromatic heterocycles. The average Bonchev–Trinajstić information content (AvgIpc) is 2.40. The van der Waals surface area contributed by atoms with Crippen molar-refractivity contribution in [3.8, 4) is 0 Å². The first-order valence-electron chi connectivity index (χ1n) is 5.90. The van der Waals surface area contributed by atoms with Crippen LogP contribution in [0.5, 0.6) is 0 Å². The molecular weight excluding hydrogens is 214 g/mol. The van der Waals surface area contributed by atoms with E-state index in [1.165, 1.54) is 5.57 Å². The summed E-state index contributed by atoms with van der Waals surface area (Å²) in [6.07, 6.45) is 6.98. The fourth-order valence-electron chi connectivity index (χ4n) is 2.12. The van der Waals surface area contributed by atoms with Gasteiger partial charge in [0.15, 0.2) is 0 Å². The zero-order valence-corrected chi connectivity index (χ0v) is 10.2. The first kappa shape index (κ1) is 12.1. The number of pyridine rings is 1. The van der Waals surface area contributed by atoms with Gasteiger partial charge in [0.2, 0.25) is 0 Å². The summed E-state index contributed by atoms with van der Waals surface area (Å²) in [5.41, 5.74) is 9.43. The number of methoxy groups -OCH3 is 1. The van der Waals surface area contributed by atoms with Crippen LogP contribution in [0.1, 0.15) is 12.0 Å². The van der Waals surface area contributed by atoms with E-state index in [2.05, 4.69) is 16.0 Å². The highest BCUT2D eigenvalue weighted by Crippen LogP contribution is 2.22. The first-order chi connectivity index (χ1) is 8.35. The second-order valence-corrected chi connectivity index (χ2v) is 4.20. The lowest BCUT2D eigenvalue weighted by Crippen LogP contribution is -2.30. The van der Waals surface area contributed by atoms with E-state index in [1.807, 2.05) is 12.3 Å². The predicted molar refractivity (Wildman–Crippen MR) is 68.9 cm³/mol. The van der Waals surface area contributed by atoms with Crippen molar-refractivity contribution >= 4 is 5.69 Å². The minimum atomic E-state index is 0.559. The molecule has 4 heteroatoms. The summed E-state index contributed by atoms with van der Waals surface area (Å²) in [5, 5.41) is 0. The molecular formula is C13H19N3O. The van der Waals surface area contributed by atoms with E-state index < -0.39 is 0 Å². The first-order valence-corrected chi connectivity index (χ1v) is 5.90. The maximum atomic E-state index is 5.74. The number of hydrogen-bond acceptors (Lipinski definition) is 4. The van der Waals surface area contributed by atoms with Crippen LogP contribution in [-0.4, -0.2) is 31.8 Å². The molecule has 0 amide bonds. The summed E-state index contributed by atoms with van der Waals surface area (Å²) in [7, 11) is 1.74. The fraction of sp³-hybridized carbons (Fsp3) is 0.462. The second kappa shape index (κ2) is 5.80. The highest BCUT2D eigenvalue weighted by Gasteiger charge is 2.14. The number of rotatable bonds is 4. The molecule has 2 heterocycles. The number of nitrogens with zero attached hydrogens (tertiary/aromatic N) is 2. The van der Waals surface area contributed by atoms with Crippen LogP contribution in [0.15, 0.2) is 30.1 Å². The molecule has 1 aliphatic heterocycles. The molecule has 0 atom stereocenters. The molecule has 0 aromatic carbocycles. The van der Waals surface area contributed by atoms with E-state index in [0.717, 1.165) is 37.4 Å². The van der Waals surface area contributed by atoms with E-state index >= 15 is 0 Å². The average molecular weight is 233 g/mol. The van der Waals surface area contributed by atoms with Crippen LogP contribution in [-0.2, 0) is 11.3 Å². The summed E-state index contributed by atoms with van der Waals surface area (Å²) in [6, 6.07) is 1.99. The van der Waals surface area contributed by atoms with Gasteiger partial charge in [0, 0.05) is 32.9 Å². The predicted octanol–water partition coefficient (Wildman–Crippen LogP) is 1.32. The van der Waals surface area contributed by atoms with Gasteiger partial charge < -0.3 is 15.4 Å². The SMILES string of the molecule is COCC1=CCN(c2cnccc2CN)CC1. The number of hydrogen-bond donors (Lipinski definition) is 1. The smallest absolute Gasteiger partial charge is 0.0674 e. The summed E-state index contributed by atoms with van der Waals surface area (Å²) >= 11 is 0. The summed E-state index contributed by atoms with van der Waals surface area (Å²) in [4.78, 5) is 6.50. The van der Waals surface area contributed by atoms with Crippen LogP contribution in [0, 0.1) is 0 Å². The Morgan fingerprint density at radius 1 is 1.53 bits per heavy atom. The number of aromatic nitrogens is 1. The summed E-state index contributed by atoms with van der Waals surface area (Å²) in [5.74, 6) is 0. The third-order valence-corrected chi connectivity index (χ3v) is 3.08. The van der Waals surface area contributed by atoms with E-state index in [4.69, 9.17) is 10.5 Å². The van der Waals surface area contributed by atoms with E-state index in [1.54, 1.807) is 13.3 Å². The summed E-state index contributed by atoms with van der Waals surface area (Å²) in [6.45, 7) is 3.22. The number of ether oxygens (including phenoxy) is 1. The van der Waals surface area contributed by atoms with Crippen molar-refractivity contribution in [1.29, 1.82) is 0 Å². The molecule has 92 valence electrons. The lowest BCUT2D eigenvalue weighted by atomic mass is 10.1. The van der Waals surface area contributed by atoms with Crippen LogP contribution in [0.3, 0.4) is 0 Å². The molecule has 0 saturated carbocycles. The molecule has 1 aliphatic rings. The van der Waals surface area contributed by atoms with Gasteiger partial charge in [-0.05, 0) is 23.6 Å². The van der Waals surface area contributed by atoms with Gasteiger partial charge in [-0.1, -0.05) is 6.08 Å². The Labute approximate surface area is 102 Å². The van der Waals surface area contributed by atoms with Gasteiger partial charge in [-0.2, -0.15) is 0 Å². The molecule has 0 radical (unpaired) electrons. The van der Waals surface area contributed by atoms with Gasteiger partial charge in [0.1, 0.15) is 0 Å². The van der Waals surface area contributed by atoms with E-state index in [9.17, 15) is 0 Å². The zero-order valence-electron chi connectivity index (χ0n) is 10.2. The molecule has 0 fully saturated rings. The van der Waals surface area contributed by atoms with Crippen molar-refractivity contribution in [1.82, 2.24) is 4.98 Å². The Morgan fingerprint density at radius 3 is 3.06 bits per heavy atom. The number of anilines is 1. The van der Waals surface area contributed by atoms with Gasteiger partial charge in [0.05, 0.1) is 18.5 Å². The maximum absolute atomic E-state index is 5.74. The third-order valence-electron chi connectivity index (χ3n) is 3.08. The molecule has 1 aromatic rings. The molecule has 2 N–H and O–H groups in total. The van der Waals surface area contributed by atoms with Crippen LogP contribution < -0.4 is 10.6 Å². The van der Waals surface area contributed by atoms with Crippen molar-refractivity contribution in [2.45, 2.75) is 13.0 Å². The molecule has 0 spiro atoms. The highest BCUT2D eigenvalue weighted by molar-refractivity contribution is 5.53. The van der Waals surface area contributed by atoms with E-state index in [-0.39, 0.29) is 0 Å². The molecule has 0 saturated heterocycles. The minimum absolute atomic E-state index is 0.559. The van der Waals surface area contributed by atoms with Crippen LogP contribution in [0.4, 0.5) is 5.69 Å². The van der Waals surface area contributed by atoms with Gasteiger partial charge in [-0.3, -0.25) is 4.98 Å². The Morgan fingerprint density at radius 2 is 2.41 bits per heavy atom. The highest BCUT2D eigenvalue weighted by atomic mass is 16.5. The Hall–Kier alpha value is -1.39. The van der Waals surface area contributed by atoms with Crippen LogP contribution >= 0.6 is 0 Å². The Balaban J connectivity index is 2.10. The lowest BCUT2D eigenvalue weighted by molar-refractivity contribution is 0.222. The van der Waals surface area contributed by atoms with Crippen molar-refractivity contribution in [2.75, 3.05) is 31.7 Å². The molecule has 4 nitrogen and oxygen atoms in total. The van der Waals surface area contributed by atoms with Crippen molar-refractivity contribution in [3.05, 3.63) is 35.7 Å². The fourth-order valence-corrected chi connectivity index (χ4v) is 2.12. The third kappa shape index (κ3) is 2.84. The molecule has 0 aliphatic carbocycles. The minimum Gasteiger partial charge on any atom is -0.380 e. The largest absolute Gasteiger partial charge is 0.380 e. The van der Waals surface area contributed by atoms with Crippen molar-refractivity contribution < 1.29 is 4.74 Å². The van der Waals surface area contributed by atoms with Gasteiger partial charge in [-0.25, -0.2) is 0 Å². The van der Waals surface area contributed by atoms with Gasteiger partial charge >= 0.3 is 0 Å². The topological polar surface area (TPSA) is 51.4 Å². The van der Waals surface area contributed by atoms with Gasteiger partial charge in [0.25, 0.3) is 0 Å². The Kier molecular flexibility index (Phi) is 4.12. The van der Waals surface area contributed by atoms with Crippen LogP contribution in [0.2, 0.25) is 0 Å². The monoisotopic (exact) mass is 233 g/mol. The molecule has 17 heavy (non-hydrogen) atoms. The lowest BCUT2D eigenvalue weighted by Gasteiger charge is -2.29. The number of nitrogens with two attached hydrogens (primary N) is 1. The normalized spacial score (nSPS) is 15.9. The molecule has 2 rings (SSSR count). The quantitative estimate of drug-likeness (QED) is 0.797. The standard InChI is InChI=1S/C13H19N3O/c1-17-10-11-3-6-16(7-4-11)13-9-15-5-2-12(13)8-14/h2-3,5,9H,4,6-8,10,14H2,1H3. The summed E-state index contributed by atoms with van der Waals surface area (Å²) < 4.78 is 5.15. The zero-order chi connectivity index (χ0) is 12.1. The van der Waals surface area contributed by atoms with Crippen LogP contribution in [0.25, 0.3) is 0 Å². The molecule has 0 unspecified atom stereocenters. The maximum Gasteiger partial charge on any atom is 0.0674 e. The molecule has 0 bridgehead atoms. The van der Waals surface area contributed by atoms with Crippen molar-refractivity contribution in [3.63, 3.8) is 0 Å².